The summed E-state index contributed by atoms with van der Waals surface area (Å²) < 4.78 is 0. The van der Waals surface area contributed by atoms with Gasteiger partial charge in [-0.1, -0.05) is 13.8 Å². The van der Waals surface area contributed by atoms with Crippen LogP contribution in [0.15, 0.2) is 18.2 Å². The number of carbonyl (C=O) groups excluding carboxylic acids is 1. The van der Waals surface area contributed by atoms with Crippen molar-refractivity contribution in [2.75, 3.05) is 13.1 Å². The fourth-order valence-electron chi connectivity index (χ4n) is 3.61. The highest BCUT2D eigenvalue weighted by Gasteiger charge is 2.26. The molecule has 1 saturated heterocycles. The number of fused-ring (bicyclic) bond motifs is 1. The maximum absolute atomic E-state index is 12.8. The lowest BCUT2D eigenvalue weighted by Gasteiger charge is -2.35. The predicted molar refractivity (Wildman–Crippen MR) is 86.6 cm³/mol. The topological polar surface area (TPSA) is 36.1 Å². The molecule has 3 nitrogen and oxygen atoms in total. The number of H-pyrrole nitrogens is 1. The second kappa shape index (κ2) is 5.21. The summed E-state index contributed by atoms with van der Waals surface area (Å²) in [6.45, 7) is 10.4. The molecular formula is C18H24N2O. The van der Waals surface area contributed by atoms with Crippen molar-refractivity contribution in [2.24, 2.45) is 11.8 Å². The molecule has 1 fully saturated rings. The first-order valence-electron chi connectivity index (χ1n) is 7.84. The van der Waals surface area contributed by atoms with Gasteiger partial charge in [0.05, 0.1) is 0 Å². The van der Waals surface area contributed by atoms with E-state index >= 15 is 0 Å². The summed E-state index contributed by atoms with van der Waals surface area (Å²) in [5.74, 6) is 1.36. The molecule has 112 valence electrons. The Bertz CT molecular complexity index is 676. The number of nitrogens with one attached hydrogen (secondary N) is 1. The van der Waals surface area contributed by atoms with Crippen molar-refractivity contribution in [1.82, 2.24) is 9.88 Å². The Balaban J connectivity index is 1.92. The molecule has 2 aromatic rings. The van der Waals surface area contributed by atoms with Crippen LogP contribution in [0.5, 0.6) is 0 Å². The van der Waals surface area contributed by atoms with Crippen LogP contribution in [0.4, 0.5) is 0 Å². The van der Waals surface area contributed by atoms with E-state index in [1.807, 2.05) is 23.1 Å². The number of aromatic nitrogens is 1. The zero-order valence-corrected chi connectivity index (χ0v) is 13.4. The molecule has 3 heteroatoms. The van der Waals surface area contributed by atoms with Gasteiger partial charge in [0.1, 0.15) is 0 Å². The molecule has 1 amide bonds. The number of carbonyl (C=O) groups is 1. The predicted octanol–water partition coefficient (Wildman–Crippen LogP) is 3.90. The molecule has 1 aliphatic heterocycles. The lowest BCUT2D eigenvalue weighted by atomic mass is 9.91. The summed E-state index contributed by atoms with van der Waals surface area (Å²) in [5.41, 5.74) is 4.34. The van der Waals surface area contributed by atoms with Crippen molar-refractivity contribution in [3.05, 3.63) is 35.0 Å². The maximum atomic E-state index is 12.8. The molecule has 0 aliphatic carbocycles. The third-order valence-corrected chi connectivity index (χ3v) is 4.71. The largest absolute Gasteiger partial charge is 0.358 e. The SMILES string of the molecule is Cc1[nH]c2ccc(C(=O)N3C[C@@H](C)C[C@H](C)C3)cc2c1C. The van der Waals surface area contributed by atoms with Crippen LogP contribution in [-0.4, -0.2) is 28.9 Å². The van der Waals surface area contributed by atoms with Gasteiger partial charge in [-0.05, 0) is 55.9 Å². The molecule has 0 saturated carbocycles. The monoisotopic (exact) mass is 284 g/mol. The molecular weight excluding hydrogens is 260 g/mol. The van der Waals surface area contributed by atoms with Crippen LogP contribution in [0.2, 0.25) is 0 Å². The van der Waals surface area contributed by atoms with Gasteiger partial charge in [0.2, 0.25) is 0 Å². The number of amides is 1. The molecule has 0 radical (unpaired) electrons. The lowest BCUT2D eigenvalue weighted by molar-refractivity contribution is 0.0623. The summed E-state index contributed by atoms with van der Waals surface area (Å²) >= 11 is 0. The molecule has 21 heavy (non-hydrogen) atoms. The van der Waals surface area contributed by atoms with Crippen molar-refractivity contribution in [1.29, 1.82) is 0 Å². The first kappa shape index (κ1) is 14.2. The van der Waals surface area contributed by atoms with Crippen LogP contribution >= 0.6 is 0 Å². The van der Waals surface area contributed by atoms with E-state index in [2.05, 4.69) is 32.7 Å². The van der Waals surface area contributed by atoms with Gasteiger partial charge in [-0.3, -0.25) is 4.79 Å². The number of hydrogen-bond donors (Lipinski definition) is 1. The minimum atomic E-state index is 0.175. The molecule has 2 heterocycles. The number of piperidine rings is 1. The summed E-state index contributed by atoms with van der Waals surface area (Å²) in [4.78, 5) is 18.2. The Labute approximate surface area is 126 Å². The minimum Gasteiger partial charge on any atom is -0.358 e. The first-order valence-corrected chi connectivity index (χ1v) is 7.84. The fraction of sp³-hybridized carbons (Fsp3) is 0.500. The second-order valence-electron chi connectivity index (χ2n) is 6.79. The summed E-state index contributed by atoms with van der Waals surface area (Å²) in [5, 5.41) is 1.16. The van der Waals surface area contributed by atoms with Crippen molar-refractivity contribution in [3.8, 4) is 0 Å². The molecule has 0 spiro atoms. The second-order valence-corrected chi connectivity index (χ2v) is 6.79. The smallest absolute Gasteiger partial charge is 0.253 e. The third kappa shape index (κ3) is 2.57. The molecule has 1 aromatic heterocycles. The lowest BCUT2D eigenvalue weighted by Crippen LogP contribution is -2.42. The van der Waals surface area contributed by atoms with Crippen LogP contribution in [0.25, 0.3) is 10.9 Å². The maximum Gasteiger partial charge on any atom is 0.253 e. The van der Waals surface area contributed by atoms with Crippen LogP contribution < -0.4 is 0 Å². The van der Waals surface area contributed by atoms with E-state index in [4.69, 9.17) is 0 Å². The minimum absolute atomic E-state index is 0.175. The number of aromatic amines is 1. The molecule has 0 bridgehead atoms. The van der Waals surface area contributed by atoms with E-state index in [-0.39, 0.29) is 5.91 Å². The van der Waals surface area contributed by atoms with E-state index in [0.717, 1.165) is 29.6 Å². The number of aryl methyl sites for hydroxylation is 2. The van der Waals surface area contributed by atoms with Crippen LogP contribution in [0.3, 0.4) is 0 Å². The zero-order chi connectivity index (χ0) is 15.1. The summed E-state index contributed by atoms with van der Waals surface area (Å²) in [6, 6.07) is 6.02. The van der Waals surface area contributed by atoms with Gasteiger partial charge in [0, 0.05) is 35.2 Å². The highest BCUT2D eigenvalue weighted by Crippen LogP contribution is 2.25. The normalized spacial score (nSPS) is 22.8. The van der Waals surface area contributed by atoms with Crippen molar-refractivity contribution in [3.63, 3.8) is 0 Å². The Morgan fingerprint density at radius 1 is 1.19 bits per heavy atom. The number of likely N-dealkylation sites (tertiary alicyclic amines) is 1. The average molecular weight is 284 g/mol. The van der Waals surface area contributed by atoms with Crippen LogP contribution in [0, 0.1) is 25.7 Å². The summed E-state index contributed by atoms with van der Waals surface area (Å²) in [7, 11) is 0. The Hall–Kier alpha value is -1.77. The van der Waals surface area contributed by atoms with Crippen molar-refractivity contribution < 1.29 is 4.79 Å². The molecule has 1 aromatic carbocycles. The Morgan fingerprint density at radius 3 is 2.52 bits per heavy atom. The fourth-order valence-corrected chi connectivity index (χ4v) is 3.61. The van der Waals surface area contributed by atoms with E-state index < -0.39 is 0 Å². The van der Waals surface area contributed by atoms with Crippen LogP contribution in [0.1, 0.15) is 41.9 Å². The molecule has 1 aliphatic rings. The number of rotatable bonds is 1. The summed E-state index contributed by atoms with van der Waals surface area (Å²) in [6.07, 6.45) is 1.22. The van der Waals surface area contributed by atoms with Gasteiger partial charge in [0.15, 0.2) is 0 Å². The molecule has 3 rings (SSSR count). The molecule has 0 unspecified atom stereocenters. The standard InChI is InChI=1S/C18H24N2O/c1-11-7-12(2)10-20(9-11)18(21)15-5-6-17-16(8-15)13(3)14(4)19-17/h5-6,8,11-12,19H,7,9-10H2,1-4H3/t11-,12-/m0/s1. The highest BCUT2D eigenvalue weighted by atomic mass is 16.2. The average Bonchev–Trinajstić information content (AvgIpc) is 2.72. The van der Waals surface area contributed by atoms with Gasteiger partial charge < -0.3 is 9.88 Å². The quantitative estimate of drug-likeness (QED) is 0.847. The third-order valence-electron chi connectivity index (χ3n) is 4.71. The van der Waals surface area contributed by atoms with Gasteiger partial charge in [-0.2, -0.15) is 0 Å². The Kier molecular flexibility index (Phi) is 3.52. The molecule has 1 N–H and O–H groups in total. The van der Waals surface area contributed by atoms with Crippen molar-refractivity contribution >= 4 is 16.8 Å². The van der Waals surface area contributed by atoms with Gasteiger partial charge in [0.25, 0.3) is 5.91 Å². The zero-order valence-electron chi connectivity index (χ0n) is 13.4. The van der Waals surface area contributed by atoms with E-state index in [1.165, 1.54) is 17.7 Å². The number of hydrogen-bond acceptors (Lipinski definition) is 1. The van der Waals surface area contributed by atoms with Gasteiger partial charge in [-0.25, -0.2) is 0 Å². The Morgan fingerprint density at radius 2 is 1.86 bits per heavy atom. The van der Waals surface area contributed by atoms with E-state index in [9.17, 15) is 4.79 Å². The van der Waals surface area contributed by atoms with E-state index in [1.54, 1.807) is 0 Å². The number of benzene rings is 1. The van der Waals surface area contributed by atoms with Gasteiger partial charge in [-0.15, -0.1) is 0 Å². The van der Waals surface area contributed by atoms with E-state index in [0.29, 0.717) is 11.8 Å². The number of nitrogens with zero attached hydrogens (tertiary/aromatic N) is 1. The van der Waals surface area contributed by atoms with Crippen molar-refractivity contribution in [2.45, 2.75) is 34.1 Å². The first-order chi connectivity index (χ1) is 9.95. The van der Waals surface area contributed by atoms with Gasteiger partial charge >= 0.3 is 0 Å². The highest BCUT2D eigenvalue weighted by molar-refractivity contribution is 5.99. The molecule has 2 atom stereocenters. The van der Waals surface area contributed by atoms with Crippen LogP contribution in [-0.2, 0) is 0 Å².